The van der Waals surface area contributed by atoms with Crippen LogP contribution in [-0.4, -0.2) is 54.8 Å². The maximum Gasteiger partial charge on any atom is 0.217 e. The molecule has 0 amide bonds. The molecule has 0 saturated carbocycles. The average Bonchev–Trinajstić information content (AvgIpc) is 2.98. The monoisotopic (exact) mass is 305 g/mol. The van der Waals surface area contributed by atoms with Gasteiger partial charge in [-0.15, -0.1) is 0 Å². The highest BCUT2D eigenvalue weighted by molar-refractivity contribution is 5.98. The minimum Gasteiger partial charge on any atom is -0.394 e. The summed E-state index contributed by atoms with van der Waals surface area (Å²) in [6, 6.07) is 0. The number of nitrogens with two attached hydrogens (primary N) is 1. The summed E-state index contributed by atoms with van der Waals surface area (Å²) in [5.74, 6) is 0.576. The van der Waals surface area contributed by atoms with Crippen molar-refractivity contribution < 1.29 is 20.1 Å². The van der Waals surface area contributed by atoms with E-state index in [1.54, 1.807) is 6.92 Å². The molecule has 22 heavy (non-hydrogen) atoms. The molecular weight excluding hydrogens is 290 g/mol. The number of hydrogen-bond acceptors (Lipinski definition) is 7. The Balaban J connectivity index is 2.18. The highest BCUT2D eigenvalue weighted by Gasteiger charge is 2.44. The Bertz CT molecular complexity index is 768. The van der Waals surface area contributed by atoms with Crippen LogP contribution in [0.5, 0.6) is 0 Å². The minimum absolute atomic E-state index is 0.166. The van der Waals surface area contributed by atoms with Gasteiger partial charge in [-0.3, -0.25) is 0 Å². The summed E-state index contributed by atoms with van der Waals surface area (Å²) in [7, 11) is 0. The van der Waals surface area contributed by atoms with E-state index in [1.165, 1.54) is 10.8 Å². The normalized spacial score (nSPS) is 28.1. The molecule has 0 aliphatic carbocycles. The van der Waals surface area contributed by atoms with Crippen molar-refractivity contribution in [3.63, 3.8) is 0 Å². The second kappa shape index (κ2) is 5.19. The zero-order chi connectivity index (χ0) is 16.0. The van der Waals surface area contributed by atoms with Crippen LogP contribution in [0.15, 0.2) is 6.20 Å². The zero-order valence-corrected chi connectivity index (χ0v) is 11.7. The number of aliphatic hydroxyl groups excluding tert-OH is 3. The van der Waals surface area contributed by atoms with Gasteiger partial charge in [-0.05, 0) is 6.92 Å². The minimum atomic E-state index is -1.26. The molecule has 2 aromatic heterocycles. The van der Waals surface area contributed by atoms with E-state index in [0.29, 0.717) is 16.9 Å². The number of anilines is 1. The van der Waals surface area contributed by atoms with Crippen molar-refractivity contribution in [3.05, 3.63) is 23.4 Å². The smallest absolute Gasteiger partial charge is 0.217 e. The van der Waals surface area contributed by atoms with Crippen LogP contribution in [-0.2, 0) is 4.74 Å². The molecule has 0 aromatic carbocycles. The number of ether oxygens (including phenoxy) is 1. The molecule has 0 radical (unpaired) electrons. The SMILES string of the molecule is [C-]#[N+]c1cn([C@@H]2O[C@H](CO)[C@@H](O)[C@H]2O)c2nc(C)nc(N)c12. The number of aryl methyl sites for hydroxylation is 1. The maximum absolute atomic E-state index is 10.1. The Morgan fingerprint density at radius 2 is 2.14 bits per heavy atom. The molecule has 0 unspecified atom stereocenters. The fourth-order valence-electron chi connectivity index (χ4n) is 2.66. The predicted octanol–water partition coefficient (Wildman–Crippen LogP) is -0.516. The molecule has 9 heteroatoms. The van der Waals surface area contributed by atoms with E-state index in [4.69, 9.17) is 17.0 Å². The number of nitrogens with zero attached hydrogens (tertiary/aromatic N) is 4. The summed E-state index contributed by atoms with van der Waals surface area (Å²) in [6.07, 6.45) is -2.93. The third-order valence-corrected chi connectivity index (χ3v) is 3.70. The second-order valence-electron chi connectivity index (χ2n) is 5.12. The molecule has 1 aliphatic heterocycles. The lowest BCUT2D eigenvalue weighted by Crippen LogP contribution is -2.33. The first-order valence-electron chi connectivity index (χ1n) is 6.62. The van der Waals surface area contributed by atoms with Gasteiger partial charge < -0.3 is 30.4 Å². The van der Waals surface area contributed by atoms with E-state index in [2.05, 4.69) is 14.8 Å². The molecule has 1 aliphatic rings. The summed E-state index contributed by atoms with van der Waals surface area (Å²) in [5.41, 5.74) is 6.43. The third-order valence-electron chi connectivity index (χ3n) is 3.70. The van der Waals surface area contributed by atoms with Crippen LogP contribution in [0.2, 0.25) is 0 Å². The molecule has 0 spiro atoms. The number of nitrogen functional groups attached to an aromatic ring is 1. The molecule has 1 saturated heterocycles. The molecule has 2 aromatic rings. The fourth-order valence-corrected chi connectivity index (χ4v) is 2.66. The van der Waals surface area contributed by atoms with Gasteiger partial charge in [0, 0.05) is 6.20 Å². The number of hydrogen-bond donors (Lipinski definition) is 4. The number of fused-ring (bicyclic) bond motifs is 1. The highest BCUT2D eigenvalue weighted by atomic mass is 16.6. The predicted molar refractivity (Wildman–Crippen MR) is 75.9 cm³/mol. The van der Waals surface area contributed by atoms with Gasteiger partial charge in [0.1, 0.15) is 35.6 Å². The Hall–Kier alpha value is -2.25. The lowest BCUT2D eigenvalue weighted by molar-refractivity contribution is -0.0508. The van der Waals surface area contributed by atoms with Crippen LogP contribution < -0.4 is 5.73 Å². The molecule has 3 heterocycles. The van der Waals surface area contributed by atoms with Gasteiger partial charge in [0.25, 0.3) is 0 Å². The van der Waals surface area contributed by atoms with Crippen molar-refractivity contribution in [2.75, 3.05) is 12.3 Å². The molecule has 116 valence electrons. The van der Waals surface area contributed by atoms with Crippen molar-refractivity contribution in [2.24, 2.45) is 0 Å². The van der Waals surface area contributed by atoms with Gasteiger partial charge >= 0.3 is 0 Å². The molecule has 4 atom stereocenters. The zero-order valence-electron chi connectivity index (χ0n) is 11.7. The van der Waals surface area contributed by atoms with E-state index in [9.17, 15) is 15.3 Å². The van der Waals surface area contributed by atoms with Crippen LogP contribution in [0.25, 0.3) is 15.9 Å². The van der Waals surface area contributed by atoms with Crippen molar-refractivity contribution in [3.8, 4) is 0 Å². The molecule has 5 N–H and O–H groups in total. The van der Waals surface area contributed by atoms with Gasteiger partial charge in [-0.1, -0.05) is 0 Å². The standard InChI is InChI=1S/C13H15N5O4/c1-5-16-11(14)8-6(15-2)3-18(12(8)17-5)13-10(21)9(20)7(4-19)22-13/h3,7,9-10,13,19-21H,4H2,1H3,(H2,14,16,17)/t7-,9-,10-,13-/m1/s1. The van der Waals surface area contributed by atoms with Crippen molar-refractivity contribution in [2.45, 2.75) is 31.5 Å². The van der Waals surface area contributed by atoms with Gasteiger partial charge in [-0.2, -0.15) is 0 Å². The van der Waals surface area contributed by atoms with E-state index < -0.39 is 31.1 Å². The Labute approximate surface area is 125 Å². The maximum atomic E-state index is 10.1. The molecular formula is C13H15N5O4. The summed E-state index contributed by atoms with van der Waals surface area (Å²) in [6.45, 7) is 8.46. The first kappa shape index (κ1) is 14.7. The van der Waals surface area contributed by atoms with Gasteiger partial charge in [0.05, 0.1) is 18.6 Å². The number of aromatic nitrogens is 3. The fraction of sp³-hybridized carbons (Fsp3) is 0.462. The van der Waals surface area contributed by atoms with E-state index in [-0.39, 0.29) is 11.5 Å². The first-order chi connectivity index (χ1) is 10.5. The summed E-state index contributed by atoms with van der Waals surface area (Å²) < 4.78 is 6.92. The first-order valence-corrected chi connectivity index (χ1v) is 6.62. The average molecular weight is 305 g/mol. The molecule has 9 nitrogen and oxygen atoms in total. The topological polar surface area (TPSA) is 131 Å². The largest absolute Gasteiger partial charge is 0.394 e. The van der Waals surface area contributed by atoms with Crippen molar-refractivity contribution >= 4 is 22.5 Å². The summed E-state index contributed by atoms with van der Waals surface area (Å²) in [4.78, 5) is 11.7. The van der Waals surface area contributed by atoms with Crippen LogP contribution in [0.4, 0.5) is 11.5 Å². The van der Waals surface area contributed by atoms with Crippen LogP contribution in [0, 0.1) is 13.5 Å². The Morgan fingerprint density at radius 3 is 2.73 bits per heavy atom. The van der Waals surface area contributed by atoms with Gasteiger partial charge in [-0.25, -0.2) is 14.8 Å². The lowest BCUT2D eigenvalue weighted by atomic mass is 10.1. The Morgan fingerprint density at radius 1 is 1.41 bits per heavy atom. The van der Waals surface area contributed by atoms with Crippen molar-refractivity contribution in [1.29, 1.82) is 0 Å². The summed E-state index contributed by atoms with van der Waals surface area (Å²) in [5, 5.41) is 29.5. The Kier molecular flexibility index (Phi) is 3.46. The van der Waals surface area contributed by atoms with E-state index in [1.807, 2.05) is 0 Å². The van der Waals surface area contributed by atoms with Gasteiger partial charge in [0.2, 0.25) is 5.69 Å². The lowest BCUT2D eigenvalue weighted by Gasteiger charge is -2.17. The number of rotatable bonds is 2. The number of aliphatic hydroxyl groups is 3. The molecule has 0 bridgehead atoms. The van der Waals surface area contributed by atoms with Crippen LogP contribution >= 0.6 is 0 Å². The summed E-state index contributed by atoms with van der Waals surface area (Å²) >= 11 is 0. The van der Waals surface area contributed by atoms with E-state index in [0.717, 1.165) is 0 Å². The third kappa shape index (κ3) is 2.01. The second-order valence-corrected chi connectivity index (χ2v) is 5.12. The quantitative estimate of drug-likeness (QED) is 0.549. The van der Waals surface area contributed by atoms with Crippen LogP contribution in [0.1, 0.15) is 12.1 Å². The highest BCUT2D eigenvalue weighted by Crippen LogP contribution is 2.37. The van der Waals surface area contributed by atoms with Crippen molar-refractivity contribution in [1.82, 2.24) is 14.5 Å². The van der Waals surface area contributed by atoms with Crippen LogP contribution in [0.3, 0.4) is 0 Å². The van der Waals surface area contributed by atoms with Gasteiger partial charge in [0.15, 0.2) is 6.23 Å². The molecule has 3 rings (SSSR count). The van der Waals surface area contributed by atoms with E-state index >= 15 is 0 Å². The molecule has 1 fully saturated rings.